The van der Waals surface area contributed by atoms with E-state index in [1.807, 2.05) is 37.3 Å². The van der Waals surface area contributed by atoms with Gasteiger partial charge in [0.15, 0.2) is 11.5 Å². The van der Waals surface area contributed by atoms with Gasteiger partial charge in [0.05, 0.1) is 6.04 Å². The van der Waals surface area contributed by atoms with E-state index >= 15 is 0 Å². The molecule has 6 heteroatoms. The molecule has 0 aliphatic heterocycles. The number of H-pyrrole nitrogens is 1. The SMILES string of the molecule is CCC(NC(=O)C1CCC(C(C)C)CC1)c1nnc(-c2ccccc2)[nH]c1=O. The summed E-state index contributed by atoms with van der Waals surface area (Å²) in [4.78, 5) is 28.1. The fourth-order valence-electron chi connectivity index (χ4n) is 4.00. The van der Waals surface area contributed by atoms with Crippen molar-refractivity contribution in [2.75, 3.05) is 0 Å². The highest BCUT2D eigenvalue weighted by molar-refractivity contribution is 5.79. The molecule has 1 amide bonds. The molecule has 1 aliphatic rings. The van der Waals surface area contributed by atoms with Crippen LogP contribution in [0.4, 0.5) is 0 Å². The first-order chi connectivity index (χ1) is 13.5. The van der Waals surface area contributed by atoms with Crippen LogP contribution in [0.2, 0.25) is 0 Å². The van der Waals surface area contributed by atoms with E-state index in [2.05, 4.69) is 34.3 Å². The number of benzene rings is 1. The van der Waals surface area contributed by atoms with Gasteiger partial charge in [0.2, 0.25) is 5.91 Å². The Morgan fingerprint density at radius 1 is 1.14 bits per heavy atom. The molecule has 150 valence electrons. The number of amides is 1. The normalized spacial score (nSPS) is 20.7. The third kappa shape index (κ3) is 4.66. The quantitative estimate of drug-likeness (QED) is 0.794. The van der Waals surface area contributed by atoms with Crippen molar-refractivity contribution in [3.05, 3.63) is 46.4 Å². The number of rotatable bonds is 6. The molecule has 0 radical (unpaired) electrons. The zero-order chi connectivity index (χ0) is 20.1. The number of aromatic amines is 1. The van der Waals surface area contributed by atoms with Gasteiger partial charge in [-0.1, -0.05) is 51.1 Å². The Kier molecular flexibility index (Phi) is 6.60. The van der Waals surface area contributed by atoms with Crippen LogP contribution in [-0.2, 0) is 4.79 Å². The lowest BCUT2D eigenvalue weighted by Gasteiger charge is -2.31. The van der Waals surface area contributed by atoms with Crippen LogP contribution < -0.4 is 10.9 Å². The van der Waals surface area contributed by atoms with Crippen LogP contribution in [0.3, 0.4) is 0 Å². The second-order valence-corrected chi connectivity index (χ2v) is 8.08. The van der Waals surface area contributed by atoms with Gasteiger partial charge in [-0.3, -0.25) is 9.59 Å². The molecule has 1 heterocycles. The predicted molar refractivity (Wildman–Crippen MR) is 110 cm³/mol. The third-order valence-electron chi connectivity index (χ3n) is 5.91. The van der Waals surface area contributed by atoms with E-state index in [-0.39, 0.29) is 23.1 Å². The molecule has 2 aromatic rings. The fraction of sp³-hybridized carbons (Fsp3) is 0.545. The number of hydrogen-bond donors (Lipinski definition) is 2. The van der Waals surface area contributed by atoms with E-state index in [4.69, 9.17) is 0 Å². The van der Waals surface area contributed by atoms with Crippen LogP contribution in [0, 0.1) is 17.8 Å². The first-order valence-electron chi connectivity index (χ1n) is 10.3. The fourth-order valence-corrected chi connectivity index (χ4v) is 4.00. The monoisotopic (exact) mass is 382 g/mol. The Morgan fingerprint density at radius 2 is 1.82 bits per heavy atom. The molecule has 0 saturated heterocycles. The summed E-state index contributed by atoms with van der Waals surface area (Å²) in [5, 5.41) is 11.4. The van der Waals surface area contributed by atoms with Crippen molar-refractivity contribution in [1.29, 1.82) is 0 Å². The van der Waals surface area contributed by atoms with Crippen LogP contribution >= 0.6 is 0 Å². The third-order valence-corrected chi connectivity index (χ3v) is 5.91. The summed E-state index contributed by atoms with van der Waals surface area (Å²) in [6, 6.07) is 8.98. The minimum absolute atomic E-state index is 0.0275. The van der Waals surface area contributed by atoms with Gasteiger partial charge >= 0.3 is 0 Å². The molecule has 1 unspecified atom stereocenters. The lowest BCUT2D eigenvalue weighted by molar-refractivity contribution is -0.127. The van der Waals surface area contributed by atoms with Crippen LogP contribution in [0.1, 0.15) is 64.6 Å². The lowest BCUT2D eigenvalue weighted by Crippen LogP contribution is -2.38. The van der Waals surface area contributed by atoms with Gasteiger partial charge in [-0.2, -0.15) is 0 Å². The molecular formula is C22H30N4O2. The van der Waals surface area contributed by atoms with E-state index < -0.39 is 6.04 Å². The van der Waals surface area contributed by atoms with Crippen molar-refractivity contribution in [2.45, 2.75) is 58.9 Å². The molecule has 0 spiro atoms. The predicted octanol–water partition coefficient (Wildman–Crippen LogP) is 3.86. The Morgan fingerprint density at radius 3 is 2.39 bits per heavy atom. The molecule has 1 aliphatic carbocycles. The molecule has 1 fully saturated rings. The zero-order valence-corrected chi connectivity index (χ0v) is 16.9. The minimum atomic E-state index is -0.420. The summed E-state index contributed by atoms with van der Waals surface area (Å²) in [6.07, 6.45) is 4.62. The van der Waals surface area contributed by atoms with E-state index in [1.165, 1.54) is 0 Å². The average molecular weight is 383 g/mol. The molecule has 6 nitrogen and oxygen atoms in total. The highest BCUT2D eigenvalue weighted by atomic mass is 16.2. The average Bonchev–Trinajstić information content (AvgIpc) is 2.72. The van der Waals surface area contributed by atoms with Crippen molar-refractivity contribution < 1.29 is 4.79 Å². The molecule has 1 aromatic carbocycles. The van der Waals surface area contributed by atoms with Crippen LogP contribution in [0.25, 0.3) is 11.4 Å². The summed E-state index contributed by atoms with van der Waals surface area (Å²) < 4.78 is 0. The van der Waals surface area contributed by atoms with Gasteiger partial charge in [0.25, 0.3) is 5.56 Å². The second kappa shape index (κ2) is 9.13. The Balaban J connectivity index is 1.68. The smallest absolute Gasteiger partial charge is 0.275 e. The van der Waals surface area contributed by atoms with E-state index in [1.54, 1.807) is 0 Å². The van der Waals surface area contributed by atoms with Gasteiger partial charge in [-0.25, -0.2) is 0 Å². The first-order valence-corrected chi connectivity index (χ1v) is 10.3. The van der Waals surface area contributed by atoms with E-state index in [9.17, 15) is 9.59 Å². The largest absolute Gasteiger partial charge is 0.347 e. The van der Waals surface area contributed by atoms with Crippen molar-refractivity contribution in [3.63, 3.8) is 0 Å². The molecule has 1 saturated carbocycles. The highest BCUT2D eigenvalue weighted by Crippen LogP contribution is 2.33. The van der Waals surface area contributed by atoms with E-state index in [0.717, 1.165) is 31.2 Å². The number of nitrogens with zero attached hydrogens (tertiary/aromatic N) is 2. The first kappa shape index (κ1) is 20.2. The molecule has 28 heavy (non-hydrogen) atoms. The van der Waals surface area contributed by atoms with Gasteiger partial charge in [-0.05, 0) is 43.9 Å². The molecule has 2 N–H and O–H groups in total. The summed E-state index contributed by atoms with van der Waals surface area (Å²) in [5.41, 5.74) is 0.772. The second-order valence-electron chi connectivity index (χ2n) is 8.08. The maximum absolute atomic E-state index is 12.7. The van der Waals surface area contributed by atoms with Crippen LogP contribution in [-0.4, -0.2) is 21.1 Å². The van der Waals surface area contributed by atoms with Gasteiger partial charge < -0.3 is 10.3 Å². The number of nitrogens with one attached hydrogen (secondary N) is 2. The Hall–Kier alpha value is -2.50. The topological polar surface area (TPSA) is 87.7 Å². The molecule has 1 atom stereocenters. The van der Waals surface area contributed by atoms with Gasteiger partial charge in [-0.15, -0.1) is 10.2 Å². The van der Waals surface area contributed by atoms with Crippen molar-refractivity contribution in [1.82, 2.24) is 20.5 Å². The number of hydrogen-bond acceptors (Lipinski definition) is 4. The maximum Gasteiger partial charge on any atom is 0.275 e. The minimum Gasteiger partial charge on any atom is -0.347 e. The standard InChI is InChI=1S/C22H30N4O2/c1-4-18(23-21(27)17-12-10-15(11-13-17)14(2)3)19-22(28)24-20(26-25-19)16-8-6-5-7-9-16/h5-9,14-15,17-18H,4,10-13H2,1-3H3,(H,23,27)(H,24,26,28). The number of carbonyl (C=O) groups is 1. The van der Waals surface area contributed by atoms with Crippen molar-refractivity contribution >= 4 is 5.91 Å². The van der Waals surface area contributed by atoms with Gasteiger partial charge in [0, 0.05) is 11.5 Å². The van der Waals surface area contributed by atoms with Crippen LogP contribution in [0.5, 0.6) is 0 Å². The lowest BCUT2D eigenvalue weighted by atomic mass is 9.76. The number of carbonyl (C=O) groups excluding carboxylic acids is 1. The van der Waals surface area contributed by atoms with Crippen molar-refractivity contribution in [2.24, 2.45) is 17.8 Å². The Labute approximate surface area is 166 Å². The zero-order valence-electron chi connectivity index (χ0n) is 16.9. The summed E-state index contributed by atoms with van der Waals surface area (Å²) in [5.74, 6) is 1.87. The summed E-state index contributed by atoms with van der Waals surface area (Å²) in [6.45, 7) is 6.44. The van der Waals surface area contributed by atoms with Crippen molar-refractivity contribution in [3.8, 4) is 11.4 Å². The molecule has 0 bridgehead atoms. The number of aromatic nitrogens is 3. The Bertz CT molecular complexity index is 839. The highest BCUT2D eigenvalue weighted by Gasteiger charge is 2.29. The maximum atomic E-state index is 12.7. The summed E-state index contributed by atoms with van der Waals surface area (Å²) in [7, 11) is 0. The van der Waals surface area contributed by atoms with Crippen LogP contribution in [0.15, 0.2) is 35.1 Å². The van der Waals surface area contributed by atoms with Gasteiger partial charge in [0.1, 0.15) is 0 Å². The molecule has 3 rings (SSSR count). The molecule has 1 aromatic heterocycles. The molecular weight excluding hydrogens is 352 g/mol. The van der Waals surface area contributed by atoms with E-state index in [0.29, 0.717) is 24.1 Å². The summed E-state index contributed by atoms with van der Waals surface area (Å²) >= 11 is 0.